The minimum absolute atomic E-state index is 0.0824. The van der Waals surface area contributed by atoms with Crippen molar-refractivity contribution in [2.45, 2.75) is 4.90 Å². The molecule has 4 aromatic rings. The first-order chi connectivity index (χ1) is 17.3. The molecule has 2 heterocycles. The van der Waals surface area contributed by atoms with Crippen LogP contribution in [0.5, 0.6) is 0 Å². The second-order valence-electron chi connectivity index (χ2n) is 7.83. The van der Waals surface area contributed by atoms with Crippen LogP contribution >= 0.6 is 22.9 Å². The lowest BCUT2D eigenvalue weighted by Crippen LogP contribution is -2.28. The number of aromatic nitrogens is 2. The molecule has 0 aliphatic heterocycles. The van der Waals surface area contributed by atoms with E-state index in [0.717, 1.165) is 15.3 Å². The van der Waals surface area contributed by atoms with Crippen molar-refractivity contribution >= 4 is 38.7 Å². The van der Waals surface area contributed by atoms with Crippen LogP contribution in [0.1, 0.15) is 10.5 Å². The maximum absolute atomic E-state index is 12.8. The number of nitrogens with zero attached hydrogens (tertiary/aromatic N) is 2. The van der Waals surface area contributed by atoms with Gasteiger partial charge < -0.3 is 15.2 Å². The number of ether oxygens (including phenoxy) is 1. The second-order valence-corrected chi connectivity index (χ2v) is 11.3. The van der Waals surface area contributed by atoms with E-state index in [1.54, 1.807) is 35.0 Å². The first kappa shape index (κ1) is 26.1. The zero-order chi connectivity index (χ0) is 25.7. The van der Waals surface area contributed by atoms with Crippen LogP contribution in [0.4, 0.5) is 0 Å². The molecule has 0 aliphatic rings. The Labute approximate surface area is 218 Å². The standard InChI is InChI=1S/C25H24ClN3O5S2/c1-36(32,33)18-6-4-5-17(15-18)23-9-10-24(35-23)22-16-20(25(31)27-11-13-34-14-12-30)28-29(22)21-8-3-2-7-19(21)26/h2-10,15-16,30H,11-14H2,1H3,(H,27,31). The van der Waals surface area contributed by atoms with Gasteiger partial charge in [0.2, 0.25) is 0 Å². The Kier molecular flexibility index (Phi) is 8.22. The number of carbonyl (C=O) groups excluding carboxylic acids is 1. The molecule has 1 amide bonds. The number of nitrogens with one attached hydrogen (secondary N) is 1. The quantitative estimate of drug-likeness (QED) is 0.291. The number of sulfone groups is 1. The highest BCUT2D eigenvalue weighted by atomic mass is 35.5. The Balaban J connectivity index is 1.69. The molecule has 0 fully saturated rings. The molecule has 0 unspecified atom stereocenters. The third kappa shape index (κ3) is 6.03. The van der Waals surface area contributed by atoms with Crippen LogP contribution < -0.4 is 5.32 Å². The van der Waals surface area contributed by atoms with Crippen molar-refractivity contribution in [1.82, 2.24) is 15.1 Å². The number of halogens is 1. The van der Waals surface area contributed by atoms with Crippen LogP contribution in [0.25, 0.3) is 26.7 Å². The smallest absolute Gasteiger partial charge is 0.271 e. The van der Waals surface area contributed by atoms with E-state index in [1.807, 2.05) is 36.4 Å². The monoisotopic (exact) mass is 545 g/mol. The molecule has 188 valence electrons. The summed E-state index contributed by atoms with van der Waals surface area (Å²) in [4.78, 5) is 14.7. The molecule has 2 aromatic carbocycles. The number of hydrogen-bond acceptors (Lipinski definition) is 7. The van der Waals surface area contributed by atoms with E-state index >= 15 is 0 Å². The molecule has 0 aliphatic carbocycles. The average molecular weight is 546 g/mol. The van der Waals surface area contributed by atoms with Crippen LogP contribution in [0.3, 0.4) is 0 Å². The van der Waals surface area contributed by atoms with E-state index < -0.39 is 9.84 Å². The Morgan fingerprint density at radius 1 is 1.08 bits per heavy atom. The van der Waals surface area contributed by atoms with Crippen molar-refractivity contribution in [3.8, 4) is 26.7 Å². The fraction of sp³-hybridized carbons (Fsp3) is 0.200. The van der Waals surface area contributed by atoms with E-state index in [-0.39, 0.29) is 42.9 Å². The van der Waals surface area contributed by atoms with Crippen molar-refractivity contribution in [3.63, 3.8) is 0 Å². The summed E-state index contributed by atoms with van der Waals surface area (Å²) < 4.78 is 30.8. The minimum Gasteiger partial charge on any atom is -0.394 e. The lowest BCUT2D eigenvalue weighted by atomic mass is 10.2. The highest BCUT2D eigenvalue weighted by molar-refractivity contribution is 7.90. The second kappa shape index (κ2) is 11.4. The van der Waals surface area contributed by atoms with Crippen molar-refractivity contribution < 1.29 is 23.1 Å². The predicted octanol–water partition coefficient (Wildman–Crippen LogP) is 4.06. The van der Waals surface area contributed by atoms with Gasteiger partial charge >= 0.3 is 0 Å². The third-order valence-corrected chi connectivity index (χ3v) is 7.78. The maximum Gasteiger partial charge on any atom is 0.271 e. The molecule has 11 heteroatoms. The number of aliphatic hydroxyl groups excluding tert-OH is 1. The number of para-hydroxylation sites is 1. The third-order valence-electron chi connectivity index (χ3n) is 5.20. The molecular formula is C25H24ClN3O5S2. The number of benzene rings is 2. The van der Waals surface area contributed by atoms with Gasteiger partial charge in [-0.15, -0.1) is 11.3 Å². The van der Waals surface area contributed by atoms with Gasteiger partial charge in [0.05, 0.1) is 46.0 Å². The van der Waals surface area contributed by atoms with Gasteiger partial charge in [-0.3, -0.25) is 4.79 Å². The van der Waals surface area contributed by atoms with Gasteiger partial charge in [-0.25, -0.2) is 13.1 Å². The lowest BCUT2D eigenvalue weighted by Gasteiger charge is -2.08. The molecule has 8 nitrogen and oxygen atoms in total. The fourth-order valence-corrected chi connectivity index (χ4v) is 5.37. The summed E-state index contributed by atoms with van der Waals surface area (Å²) in [5.74, 6) is -0.368. The van der Waals surface area contributed by atoms with E-state index in [1.165, 1.54) is 17.6 Å². The Morgan fingerprint density at radius 3 is 2.61 bits per heavy atom. The molecule has 0 radical (unpaired) electrons. The van der Waals surface area contributed by atoms with Gasteiger partial charge in [-0.05, 0) is 48.0 Å². The molecule has 0 bridgehead atoms. The van der Waals surface area contributed by atoms with Crippen molar-refractivity contribution in [3.05, 3.63) is 77.4 Å². The zero-order valence-electron chi connectivity index (χ0n) is 19.3. The maximum atomic E-state index is 12.8. The summed E-state index contributed by atoms with van der Waals surface area (Å²) in [6.45, 7) is 0.661. The molecule has 36 heavy (non-hydrogen) atoms. The Hall–Kier alpha value is -3.02. The van der Waals surface area contributed by atoms with Crippen LogP contribution in [-0.2, 0) is 14.6 Å². The van der Waals surface area contributed by atoms with E-state index in [0.29, 0.717) is 16.4 Å². The molecule has 0 saturated carbocycles. The summed E-state index contributed by atoms with van der Waals surface area (Å²) in [7, 11) is -3.34. The summed E-state index contributed by atoms with van der Waals surface area (Å²) in [5, 5.41) is 16.5. The normalized spacial score (nSPS) is 11.5. The van der Waals surface area contributed by atoms with E-state index in [2.05, 4.69) is 10.4 Å². The largest absolute Gasteiger partial charge is 0.394 e. The molecule has 0 atom stereocenters. The number of carbonyl (C=O) groups is 1. The van der Waals surface area contributed by atoms with Crippen LogP contribution in [0, 0.1) is 0 Å². The lowest BCUT2D eigenvalue weighted by molar-refractivity contribution is 0.0835. The minimum atomic E-state index is -3.34. The van der Waals surface area contributed by atoms with Crippen LogP contribution in [-0.4, -0.2) is 61.8 Å². The molecule has 0 saturated heterocycles. The van der Waals surface area contributed by atoms with E-state index in [9.17, 15) is 13.2 Å². The molecule has 2 aromatic heterocycles. The number of thiophene rings is 1. The topological polar surface area (TPSA) is 111 Å². The average Bonchev–Trinajstić information content (AvgIpc) is 3.51. The zero-order valence-corrected chi connectivity index (χ0v) is 21.7. The number of hydrogen-bond donors (Lipinski definition) is 2. The molecule has 4 rings (SSSR count). The summed E-state index contributed by atoms with van der Waals surface area (Å²) in [6, 6.07) is 19.5. The van der Waals surface area contributed by atoms with Gasteiger partial charge in [-0.2, -0.15) is 5.10 Å². The van der Waals surface area contributed by atoms with Crippen molar-refractivity contribution in [2.24, 2.45) is 0 Å². The van der Waals surface area contributed by atoms with Crippen LogP contribution in [0.15, 0.2) is 71.6 Å². The predicted molar refractivity (Wildman–Crippen MR) is 141 cm³/mol. The Morgan fingerprint density at radius 2 is 1.86 bits per heavy atom. The van der Waals surface area contributed by atoms with Gasteiger partial charge in [0.15, 0.2) is 15.5 Å². The Bertz CT molecular complexity index is 1480. The van der Waals surface area contributed by atoms with Crippen LogP contribution in [0.2, 0.25) is 5.02 Å². The van der Waals surface area contributed by atoms with Crippen molar-refractivity contribution in [1.29, 1.82) is 0 Å². The summed E-state index contributed by atoms with van der Waals surface area (Å²) in [5.41, 5.74) is 2.27. The van der Waals surface area contributed by atoms with Gasteiger partial charge in [0, 0.05) is 17.7 Å². The van der Waals surface area contributed by atoms with E-state index in [4.69, 9.17) is 21.4 Å². The fourth-order valence-electron chi connectivity index (χ4n) is 3.48. The number of aliphatic hydroxyl groups is 1. The molecule has 2 N–H and O–H groups in total. The highest BCUT2D eigenvalue weighted by Gasteiger charge is 2.20. The number of rotatable bonds is 10. The molecular weight excluding hydrogens is 522 g/mol. The van der Waals surface area contributed by atoms with Crippen molar-refractivity contribution in [2.75, 3.05) is 32.6 Å². The summed E-state index contributed by atoms with van der Waals surface area (Å²) >= 11 is 7.90. The SMILES string of the molecule is CS(=O)(=O)c1cccc(-c2ccc(-c3cc(C(=O)NCCOCCO)nn3-c3ccccc3Cl)s2)c1. The molecule has 0 spiro atoms. The van der Waals surface area contributed by atoms with Gasteiger partial charge in [0.25, 0.3) is 5.91 Å². The number of amides is 1. The van der Waals surface area contributed by atoms with Gasteiger partial charge in [0.1, 0.15) is 0 Å². The van der Waals surface area contributed by atoms with Gasteiger partial charge in [-0.1, -0.05) is 35.9 Å². The first-order valence-corrected chi connectivity index (χ1v) is 14.1. The highest BCUT2D eigenvalue weighted by Crippen LogP contribution is 2.37. The summed E-state index contributed by atoms with van der Waals surface area (Å²) in [6.07, 6.45) is 1.18. The first-order valence-electron chi connectivity index (χ1n) is 11.0.